The number of carbonyl (C=O) groups excluding carboxylic acids is 1. The summed E-state index contributed by atoms with van der Waals surface area (Å²) in [6.07, 6.45) is 3.37. The molecule has 0 bridgehead atoms. The molecular weight excluding hydrogens is 350 g/mol. The minimum absolute atomic E-state index is 0.138. The molecule has 88 valence electrons. The van der Waals surface area contributed by atoms with Crippen LogP contribution in [-0.4, -0.2) is 15.9 Å². The number of rotatable bonds is 3. The van der Waals surface area contributed by atoms with E-state index in [1.54, 1.807) is 18.5 Å². The Morgan fingerprint density at radius 1 is 1.41 bits per heavy atom. The van der Waals surface area contributed by atoms with Crippen molar-refractivity contribution in [2.24, 2.45) is 0 Å². The number of hydrogen-bond donors (Lipinski definition) is 2. The number of nitrogens with zero attached hydrogens (tertiary/aromatic N) is 1. The van der Waals surface area contributed by atoms with Gasteiger partial charge < -0.3 is 10.3 Å². The van der Waals surface area contributed by atoms with Crippen molar-refractivity contribution in [1.82, 2.24) is 15.3 Å². The van der Waals surface area contributed by atoms with Crippen molar-refractivity contribution < 1.29 is 4.79 Å². The van der Waals surface area contributed by atoms with E-state index in [2.05, 4.69) is 47.1 Å². The van der Waals surface area contributed by atoms with E-state index in [0.717, 1.165) is 14.8 Å². The molecule has 2 aromatic rings. The van der Waals surface area contributed by atoms with Crippen LogP contribution in [0.1, 0.15) is 16.2 Å². The average molecular weight is 359 g/mol. The molecule has 2 N–H and O–H groups in total. The third-order valence-electron chi connectivity index (χ3n) is 2.15. The summed E-state index contributed by atoms with van der Waals surface area (Å²) in [6.45, 7) is 0.383. The normalized spacial score (nSPS) is 10.2. The predicted octanol–water partition coefficient (Wildman–Crippen LogP) is 2.86. The third kappa shape index (κ3) is 3.17. The van der Waals surface area contributed by atoms with Crippen molar-refractivity contribution in [2.45, 2.75) is 6.54 Å². The van der Waals surface area contributed by atoms with Crippen LogP contribution < -0.4 is 5.32 Å². The number of hydrogen-bond acceptors (Lipinski definition) is 2. The lowest BCUT2D eigenvalue weighted by molar-refractivity contribution is 0.0949. The number of nitrogens with one attached hydrogen (secondary N) is 2. The molecule has 0 atom stereocenters. The zero-order valence-corrected chi connectivity index (χ0v) is 11.9. The molecule has 0 aliphatic heterocycles. The van der Waals surface area contributed by atoms with Crippen molar-refractivity contribution in [3.63, 3.8) is 0 Å². The second kappa shape index (κ2) is 5.46. The fraction of sp³-hybridized carbons (Fsp3) is 0.0909. The highest BCUT2D eigenvalue weighted by Crippen LogP contribution is 2.21. The maximum atomic E-state index is 11.9. The van der Waals surface area contributed by atoms with Crippen LogP contribution >= 0.6 is 31.9 Å². The smallest absolute Gasteiger partial charge is 0.252 e. The first kappa shape index (κ1) is 12.3. The lowest BCUT2D eigenvalue weighted by Crippen LogP contribution is -2.23. The lowest BCUT2D eigenvalue weighted by atomic mass is 10.2. The largest absolute Gasteiger partial charge is 0.347 e. The number of aromatic nitrogens is 2. The van der Waals surface area contributed by atoms with Crippen LogP contribution in [0.4, 0.5) is 0 Å². The number of imidazole rings is 1. The summed E-state index contributed by atoms with van der Waals surface area (Å²) in [7, 11) is 0. The fourth-order valence-corrected chi connectivity index (χ4v) is 2.55. The van der Waals surface area contributed by atoms with Crippen LogP contribution in [0.5, 0.6) is 0 Å². The summed E-state index contributed by atoms with van der Waals surface area (Å²) in [5, 5.41) is 2.78. The van der Waals surface area contributed by atoms with Gasteiger partial charge in [-0.15, -0.1) is 0 Å². The van der Waals surface area contributed by atoms with Gasteiger partial charge in [-0.25, -0.2) is 4.98 Å². The summed E-state index contributed by atoms with van der Waals surface area (Å²) in [5.41, 5.74) is 0.597. The molecule has 0 unspecified atom stereocenters. The molecular formula is C11H9Br2N3O. The van der Waals surface area contributed by atoms with E-state index in [1.807, 2.05) is 12.1 Å². The van der Waals surface area contributed by atoms with Gasteiger partial charge in [0.1, 0.15) is 5.82 Å². The number of aromatic amines is 1. The Hall–Kier alpha value is -1.14. The van der Waals surface area contributed by atoms with E-state index in [4.69, 9.17) is 0 Å². The summed E-state index contributed by atoms with van der Waals surface area (Å²) in [6, 6.07) is 5.42. The summed E-state index contributed by atoms with van der Waals surface area (Å²) < 4.78 is 1.68. The Morgan fingerprint density at radius 3 is 2.88 bits per heavy atom. The van der Waals surface area contributed by atoms with E-state index in [1.165, 1.54) is 0 Å². The summed E-state index contributed by atoms with van der Waals surface area (Å²) >= 11 is 6.69. The molecule has 1 amide bonds. The maximum Gasteiger partial charge on any atom is 0.252 e. The molecule has 4 nitrogen and oxygen atoms in total. The lowest BCUT2D eigenvalue weighted by Gasteiger charge is -2.05. The molecule has 6 heteroatoms. The van der Waals surface area contributed by atoms with Gasteiger partial charge in [0.05, 0.1) is 12.1 Å². The Morgan fingerprint density at radius 2 is 2.24 bits per heavy atom. The summed E-state index contributed by atoms with van der Waals surface area (Å²) in [5.74, 6) is 0.590. The number of halogens is 2. The first-order valence-electron chi connectivity index (χ1n) is 4.88. The third-order valence-corrected chi connectivity index (χ3v) is 3.30. The Kier molecular flexibility index (Phi) is 3.96. The molecule has 0 aliphatic rings. The van der Waals surface area contributed by atoms with Gasteiger partial charge in [0.15, 0.2) is 0 Å². The highest BCUT2D eigenvalue weighted by molar-refractivity contribution is 9.11. The number of benzene rings is 1. The van der Waals surface area contributed by atoms with Crippen molar-refractivity contribution in [3.8, 4) is 0 Å². The Balaban J connectivity index is 2.04. The van der Waals surface area contributed by atoms with Gasteiger partial charge in [-0.3, -0.25) is 4.79 Å². The molecule has 2 rings (SSSR count). The van der Waals surface area contributed by atoms with Gasteiger partial charge in [0.25, 0.3) is 5.91 Å². The maximum absolute atomic E-state index is 11.9. The second-order valence-corrected chi connectivity index (χ2v) is 5.11. The van der Waals surface area contributed by atoms with Crippen LogP contribution in [0.3, 0.4) is 0 Å². The van der Waals surface area contributed by atoms with E-state index >= 15 is 0 Å². The van der Waals surface area contributed by atoms with Crippen LogP contribution in [-0.2, 0) is 6.54 Å². The van der Waals surface area contributed by atoms with Gasteiger partial charge in [-0.05, 0) is 34.1 Å². The molecule has 0 saturated carbocycles. The number of amides is 1. The SMILES string of the molecule is O=C(NCc1ncc[nH]1)c1ccc(Br)cc1Br. The molecule has 17 heavy (non-hydrogen) atoms. The fourth-order valence-electron chi connectivity index (χ4n) is 1.33. The van der Waals surface area contributed by atoms with Gasteiger partial charge in [-0.2, -0.15) is 0 Å². The number of carbonyl (C=O) groups is 1. The average Bonchev–Trinajstić information content (AvgIpc) is 2.78. The second-order valence-electron chi connectivity index (χ2n) is 3.34. The van der Waals surface area contributed by atoms with Gasteiger partial charge in [0.2, 0.25) is 0 Å². The van der Waals surface area contributed by atoms with Crippen LogP contribution in [0.2, 0.25) is 0 Å². The topological polar surface area (TPSA) is 57.8 Å². The van der Waals surface area contributed by atoms with E-state index in [-0.39, 0.29) is 5.91 Å². The van der Waals surface area contributed by atoms with Gasteiger partial charge in [-0.1, -0.05) is 15.9 Å². The van der Waals surface area contributed by atoms with Crippen LogP contribution in [0.15, 0.2) is 39.5 Å². The highest BCUT2D eigenvalue weighted by Gasteiger charge is 2.10. The zero-order valence-electron chi connectivity index (χ0n) is 8.71. The quantitative estimate of drug-likeness (QED) is 0.886. The summed E-state index contributed by atoms with van der Waals surface area (Å²) in [4.78, 5) is 18.8. The molecule has 1 heterocycles. The van der Waals surface area contributed by atoms with Gasteiger partial charge >= 0.3 is 0 Å². The molecule has 0 spiro atoms. The minimum Gasteiger partial charge on any atom is -0.347 e. The van der Waals surface area contributed by atoms with Crippen LogP contribution in [0, 0.1) is 0 Å². The standard InChI is InChI=1S/C11H9Br2N3O/c12-7-1-2-8(9(13)5-7)11(17)16-6-10-14-3-4-15-10/h1-5H,6H2,(H,14,15)(H,16,17). The van der Waals surface area contributed by atoms with Crippen molar-refractivity contribution in [1.29, 1.82) is 0 Å². The first-order valence-corrected chi connectivity index (χ1v) is 6.47. The highest BCUT2D eigenvalue weighted by atomic mass is 79.9. The zero-order chi connectivity index (χ0) is 12.3. The Bertz CT molecular complexity index is 526. The molecule has 0 aliphatic carbocycles. The van der Waals surface area contributed by atoms with Crippen molar-refractivity contribution in [2.75, 3.05) is 0 Å². The molecule has 0 fully saturated rings. The Labute approximate surface area is 115 Å². The molecule has 1 aromatic carbocycles. The molecule has 0 saturated heterocycles. The molecule has 1 aromatic heterocycles. The predicted molar refractivity (Wildman–Crippen MR) is 71.6 cm³/mol. The van der Waals surface area contributed by atoms with E-state index in [0.29, 0.717) is 12.1 Å². The van der Waals surface area contributed by atoms with Crippen molar-refractivity contribution in [3.05, 3.63) is 50.9 Å². The first-order chi connectivity index (χ1) is 8.16. The minimum atomic E-state index is -0.138. The number of H-pyrrole nitrogens is 1. The molecule has 0 radical (unpaired) electrons. The van der Waals surface area contributed by atoms with E-state index < -0.39 is 0 Å². The van der Waals surface area contributed by atoms with Crippen molar-refractivity contribution >= 4 is 37.8 Å². The van der Waals surface area contributed by atoms with Gasteiger partial charge in [0, 0.05) is 21.3 Å². The van der Waals surface area contributed by atoms with Crippen LogP contribution in [0.25, 0.3) is 0 Å². The van der Waals surface area contributed by atoms with E-state index in [9.17, 15) is 4.79 Å². The monoisotopic (exact) mass is 357 g/mol.